The third-order valence-corrected chi connectivity index (χ3v) is 3.77. The molecule has 1 saturated heterocycles. The highest BCUT2D eigenvalue weighted by atomic mass is 32.1. The molecule has 114 valence electrons. The molecule has 0 aromatic heterocycles. The van der Waals surface area contributed by atoms with Gasteiger partial charge in [0.1, 0.15) is 0 Å². The van der Waals surface area contributed by atoms with Crippen LogP contribution >= 0.6 is 12.2 Å². The summed E-state index contributed by atoms with van der Waals surface area (Å²) < 4.78 is 0. The number of β-amino-alcohol motifs (C(OH)–C–C–N with tert-alkyl or cyclic N) is 1. The molecule has 2 N–H and O–H groups in total. The molecule has 1 aliphatic heterocycles. The Balaban J connectivity index is 1.86. The molecule has 0 spiro atoms. The molecule has 21 heavy (non-hydrogen) atoms. The van der Waals surface area contributed by atoms with Gasteiger partial charge in [-0.2, -0.15) is 0 Å². The summed E-state index contributed by atoms with van der Waals surface area (Å²) in [5, 5.41) is 23.2. The van der Waals surface area contributed by atoms with Gasteiger partial charge < -0.3 is 15.3 Å². The van der Waals surface area contributed by atoms with E-state index in [1.807, 2.05) is 0 Å². The van der Waals surface area contributed by atoms with Crippen LogP contribution in [0.15, 0.2) is 24.3 Å². The monoisotopic (exact) mass is 310 g/mol. The number of rotatable bonds is 4. The van der Waals surface area contributed by atoms with Crippen molar-refractivity contribution in [2.75, 3.05) is 44.6 Å². The number of non-ortho nitro benzene ring substituents is 1. The summed E-state index contributed by atoms with van der Waals surface area (Å²) in [5.41, 5.74) is 0.799. The number of piperazine rings is 1. The minimum absolute atomic E-state index is 0.0593. The van der Waals surface area contributed by atoms with Crippen LogP contribution in [-0.2, 0) is 0 Å². The molecule has 0 radical (unpaired) electrons. The summed E-state index contributed by atoms with van der Waals surface area (Å²) in [6.45, 7) is 4.20. The lowest BCUT2D eigenvalue weighted by Gasteiger charge is -2.35. The van der Waals surface area contributed by atoms with Crippen LogP contribution < -0.4 is 5.32 Å². The lowest BCUT2D eigenvalue weighted by Crippen LogP contribution is -2.50. The Labute approximate surface area is 128 Å². The van der Waals surface area contributed by atoms with Crippen molar-refractivity contribution in [2.45, 2.75) is 0 Å². The number of thiocarbonyl (C=S) groups is 1. The fourth-order valence-electron chi connectivity index (χ4n) is 2.19. The fraction of sp³-hybridized carbons (Fsp3) is 0.462. The van der Waals surface area contributed by atoms with Gasteiger partial charge in [0.2, 0.25) is 0 Å². The van der Waals surface area contributed by atoms with E-state index in [2.05, 4.69) is 15.1 Å². The quantitative estimate of drug-likeness (QED) is 0.486. The average molecular weight is 310 g/mol. The van der Waals surface area contributed by atoms with Gasteiger partial charge >= 0.3 is 0 Å². The molecule has 1 aromatic carbocycles. The molecule has 7 nitrogen and oxygen atoms in total. The molecular weight excluding hydrogens is 292 g/mol. The summed E-state index contributed by atoms with van der Waals surface area (Å²) in [6, 6.07) is 6.19. The molecule has 0 unspecified atom stereocenters. The van der Waals surface area contributed by atoms with Crippen LogP contribution in [0.25, 0.3) is 0 Å². The van der Waals surface area contributed by atoms with Gasteiger partial charge in [-0.3, -0.25) is 15.0 Å². The Morgan fingerprint density at radius 2 is 1.90 bits per heavy atom. The zero-order valence-corrected chi connectivity index (χ0v) is 12.4. The second-order valence-corrected chi connectivity index (χ2v) is 5.17. The van der Waals surface area contributed by atoms with Crippen molar-refractivity contribution in [1.82, 2.24) is 9.80 Å². The van der Waals surface area contributed by atoms with E-state index in [-0.39, 0.29) is 12.3 Å². The van der Waals surface area contributed by atoms with Gasteiger partial charge in [0.25, 0.3) is 5.69 Å². The van der Waals surface area contributed by atoms with E-state index in [9.17, 15) is 10.1 Å². The Hall–Kier alpha value is -1.77. The van der Waals surface area contributed by atoms with Gasteiger partial charge in [0.15, 0.2) is 5.11 Å². The summed E-state index contributed by atoms with van der Waals surface area (Å²) >= 11 is 5.36. The second kappa shape index (κ2) is 7.30. The Morgan fingerprint density at radius 1 is 1.29 bits per heavy atom. The number of aliphatic hydroxyl groups excluding tert-OH is 1. The van der Waals surface area contributed by atoms with E-state index < -0.39 is 4.92 Å². The first-order valence-corrected chi connectivity index (χ1v) is 7.14. The number of aliphatic hydroxyl groups is 1. The van der Waals surface area contributed by atoms with E-state index in [1.54, 1.807) is 12.1 Å². The molecule has 0 bridgehead atoms. The maximum atomic E-state index is 10.6. The third-order valence-electron chi connectivity index (χ3n) is 3.41. The predicted molar refractivity (Wildman–Crippen MR) is 84.4 cm³/mol. The van der Waals surface area contributed by atoms with Crippen molar-refractivity contribution in [3.63, 3.8) is 0 Å². The molecule has 2 rings (SSSR count). The van der Waals surface area contributed by atoms with Gasteiger partial charge in [-0.05, 0) is 24.4 Å². The van der Waals surface area contributed by atoms with Crippen molar-refractivity contribution < 1.29 is 10.0 Å². The SMILES string of the molecule is O=[N+]([O-])c1ccc(NC(=S)N2CCN(CCO)CC2)cc1. The highest BCUT2D eigenvalue weighted by molar-refractivity contribution is 7.80. The summed E-state index contributed by atoms with van der Waals surface area (Å²) in [4.78, 5) is 14.4. The summed E-state index contributed by atoms with van der Waals surface area (Å²) in [7, 11) is 0. The Kier molecular flexibility index (Phi) is 5.43. The molecule has 8 heteroatoms. The molecule has 0 amide bonds. The smallest absolute Gasteiger partial charge is 0.269 e. The summed E-state index contributed by atoms with van der Waals surface area (Å²) in [6.07, 6.45) is 0. The topological polar surface area (TPSA) is 81.9 Å². The van der Waals surface area contributed by atoms with E-state index in [0.717, 1.165) is 31.9 Å². The number of nitrogens with zero attached hydrogens (tertiary/aromatic N) is 3. The van der Waals surface area contributed by atoms with Gasteiger partial charge in [-0.25, -0.2) is 0 Å². The van der Waals surface area contributed by atoms with Crippen molar-refractivity contribution in [1.29, 1.82) is 0 Å². The van der Waals surface area contributed by atoms with Crippen molar-refractivity contribution in [2.24, 2.45) is 0 Å². The second-order valence-electron chi connectivity index (χ2n) is 4.79. The largest absolute Gasteiger partial charge is 0.395 e. The fourth-order valence-corrected chi connectivity index (χ4v) is 2.49. The molecule has 0 atom stereocenters. The number of benzene rings is 1. The Morgan fingerprint density at radius 3 is 2.43 bits per heavy atom. The lowest BCUT2D eigenvalue weighted by atomic mass is 10.3. The third kappa shape index (κ3) is 4.35. The van der Waals surface area contributed by atoms with E-state index in [0.29, 0.717) is 11.7 Å². The molecule has 1 heterocycles. The minimum atomic E-state index is -0.428. The number of nitrogens with one attached hydrogen (secondary N) is 1. The molecular formula is C13H18N4O3S. The number of hydrogen-bond acceptors (Lipinski definition) is 5. The average Bonchev–Trinajstić information content (AvgIpc) is 2.49. The maximum Gasteiger partial charge on any atom is 0.269 e. The van der Waals surface area contributed by atoms with Crippen LogP contribution in [0.5, 0.6) is 0 Å². The first kappa shape index (κ1) is 15.6. The number of anilines is 1. The van der Waals surface area contributed by atoms with Crippen molar-refractivity contribution in [3.8, 4) is 0 Å². The van der Waals surface area contributed by atoms with Gasteiger partial charge in [-0.15, -0.1) is 0 Å². The minimum Gasteiger partial charge on any atom is -0.395 e. The predicted octanol–water partition coefficient (Wildman–Crippen LogP) is 0.901. The van der Waals surface area contributed by atoms with Gasteiger partial charge in [-0.1, -0.05) is 0 Å². The number of nitro benzene ring substituents is 1. The number of hydrogen-bond donors (Lipinski definition) is 2. The highest BCUT2D eigenvalue weighted by Gasteiger charge is 2.18. The first-order valence-electron chi connectivity index (χ1n) is 6.74. The molecule has 1 aromatic rings. The maximum absolute atomic E-state index is 10.6. The van der Waals surface area contributed by atoms with Crippen LogP contribution in [0.2, 0.25) is 0 Å². The van der Waals surface area contributed by atoms with Gasteiger partial charge in [0.05, 0.1) is 11.5 Å². The zero-order valence-electron chi connectivity index (χ0n) is 11.6. The van der Waals surface area contributed by atoms with Crippen molar-refractivity contribution >= 4 is 28.7 Å². The van der Waals surface area contributed by atoms with Crippen LogP contribution in [-0.4, -0.2) is 64.3 Å². The van der Waals surface area contributed by atoms with E-state index in [1.165, 1.54) is 12.1 Å². The van der Waals surface area contributed by atoms with Crippen LogP contribution in [0, 0.1) is 10.1 Å². The molecule has 1 aliphatic rings. The van der Waals surface area contributed by atoms with E-state index >= 15 is 0 Å². The van der Waals surface area contributed by atoms with Crippen molar-refractivity contribution in [3.05, 3.63) is 34.4 Å². The lowest BCUT2D eigenvalue weighted by molar-refractivity contribution is -0.384. The Bertz CT molecular complexity index is 501. The zero-order chi connectivity index (χ0) is 15.2. The summed E-state index contributed by atoms with van der Waals surface area (Å²) in [5.74, 6) is 0. The standard InChI is InChI=1S/C13H18N4O3S/c18-10-9-15-5-7-16(8-6-15)13(21)14-11-1-3-12(4-2-11)17(19)20/h1-4,18H,5-10H2,(H,14,21). The highest BCUT2D eigenvalue weighted by Crippen LogP contribution is 2.16. The molecule has 0 aliphatic carbocycles. The van der Waals surface area contributed by atoms with Crippen LogP contribution in [0.1, 0.15) is 0 Å². The van der Waals surface area contributed by atoms with Crippen LogP contribution in [0.3, 0.4) is 0 Å². The van der Waals surface area contributed by atoms with E-state index in [4.69, 9.17) is 17.3 Å². The normalized spacial score (nSPS) is 15.8. The number of nitro groups is 1. The van der Waals surface area contributed by atoms with Gasteiger partial charge in [0, 0.05) is 50.5 Å². The first-order chi connectivity index (χ1) is 10.1. The van der Waals surface area contributed by atoms with Crippen LogP contribution in [0.4, 0.5) is 11.4 Å². The molecule has 0 saturated carbocycles. The molecule has 1 fully saturated rings.